The van der Waals surface area contributed by atoms with Crippen molar-refractivity contribution >= 4 is 5.69 Å². The summed E-state index contributed by atoms with van der Waals surface area (Å²) in [5.41, 5.74) is 1.28. The van der Waals surface area contributed by atoms with E-state index in [2.05, 4.69) is 42.6 Å². The topological polar surface area (TPSA) is 12.0 Å². The zero-order chi connectivity index (χ0) is 11.2. The number of rotatable bonds is 4. The third-order valence-corrected chi connectivity index (χ3v) is 3.78. The molecular weight excluding hydrogens is 194 g/mol. The molecule has 1 atom stereocenters. The first-order chi connectivity index (χ1) is 7.90. The minimum atomic E-state index is 0.669. The molecule has 1 aromatic rings. The Hall–Kier alpha value is -0.980. The molecule has 1 heteroatoms. The van der Waals surface area contributed by atoms with E-state index in [1.165, 1.54) is 44.2 Å². The SMILES string of the molecule is CC[C@H](Nc1ccccc1)C1CCCCC1. The van der Waals surface area contributed by atoms with Gasteiger partial charge in [-0.15, -0.1) is 0 Å². The Morgan fingerprint density at radius 1 is 1.12 bits per heavy atom. The van der Waals surface area contributed by atoms with E-state index in [-0.39, 0.29) is 0 Å². The molecule has 0 saturated heterocycles. The average Bonchev–Trinajstić information content (AvgIpc) is 2.38. The van der Waals surface area contributed by atoms with Crippen molar-refractivity contribution in [3.8, 4) is 0 Å². The Kier molecular flexibility index (Phi) is 4.26. The number of benzene rings is 1. The molecule has 0 heterocycles. The summed E-state index contributed by atoms with van der Waals surface area (Å²) in [5, 5.41) is 3.70. The van der Waals surface area contributed by atoms with E-state index >= 15 is 0 Å². The number of hydrogen-bond acceptors (Lipinski definition) is 1. The van der Waals surface area contributed by atoms with Crippen LogP contribution < -0.4 is 5.32 Å². The lowest BCUT2D eigenvalue weighted by atomic mass is 9.83. The molecule has 1 aliphatic carbocycles. The highest BCUT2D eigenvalue weighted by Crippen LogP contribution is 2.29. The van der Waals surface area contributed by atoms with E-state index < -0.39 is 0 Å². The van der Waals surface area contributed by atoms with Crippen molar-refractivity contribution in [2.24, 2.45) is 5.92 Å². The Balaban J connectivity index is 1.94. The molecule has 0 radical (unpaired) electrons. The monoisotopic (exact) mass is 217 g/mol. The molecule has 0 unspecified atom stereocenters. The van der Waals surface area contributed by atoms with Gasteiger partial charge in [-0.3, -0.25) is 0 Å². The highest BCUT2D eigenvalue weighted by molar-refractivity contribution is 5.43. The van der Waals surface area contributed by atoms with Gasteiger partial charge in [-0.25, -0.2) is 0 Å². The van der Waals surface area contributed by atoms with Gasteiger partial charge in [0.1, 0.15) is 0 Å². The number of anilines is 1. The van der Waals surface area contributed by atoms with Gasteiger partial charge in [0.15, 0.2) is 0 Å². The largest absolute Gasteiger partial charge is 0.382 e. The quantitative estimate of drug-likeness (QED) is 0.785. The van der Waals surface area contributed by atoms with Gasteiger partial charge in [-0.1, -0.05) is 44.4 Å². The molecule has 0 spiro atoms. The zero-order valence-corrected chi connectivity index (χ0v) is 10.3. The summed E-state index contributed by atoms with van der Waals surface area (Å²) in [6.45, 7) is 2.30. The lowest BCUT2D eigenvalue weighted by Gasteiger charge is -2.31. The molecule has 1 saturated carbocycles. The van der Waals surface area contributed by atoms with E-state index in [1.54, 1.807) is 0 Å². The normalized spacial score (nSPS) is 19.3. The molecule has 1 fully saturated rings. The molecule has 0 aromatic heterocycles. The molecule has 1 N–H and O–H groups in total. The van der Waals surface area contributed by atoms with E-state index in [0.29, 0.717) is 6.04 Å². The third kappa shape index (κ3) is 3.01. The average molecular weight is 217 g/mol. The van der Waals surface area contributed by atoms with Gasteiger partial charge in [0, 0.05) is 11.7 Å². The van der Waals surface area contributed by atoms with Gasteiger partial charge in [0.2, 0.25) is 0 Å². The lowest BCUT2D eigenvalue weighted by Crippen LogP contribution is -2.30. The van der Waals surface area contributed by atoms with Crippen LogP contribution in [0.3, 0.4) is 0 Å². The first-order valence-corrected chi connectivity index (χ1v) is 6.71. The third-order valence-electron chi connectivity index (χ3n) is 3.78. The van der Waals surface area contributed by atoms with Gasteiger partial charge in [0.05, 0.1) is 0 Å². The maximum absolute atomic E-state index is 3.70. The molecular formula is C15H23N. The summed E-state index contributed by atoms with van der Waals surface area (Å²) in [5.74, 6) is 0.888. The Labute approximate surface area is 99.3 Å². The number of para-hydroxylation sites is 1. The fraction of sp³-hybridized carbons (Fsp3) is 0.600. The number of nitrogens with one attached hydrogen (secondary N) is 1. The second-order valence-corrected chi connectivity index (χ2v) is 4.92. The number of hydrogen-bond donors (Lipinski definition) is 1. The lowest BCUT2D eigenvalue weighted by molar-refractivity contribution is 0.313. The van der Waals surface area contributed by atoms with Crippen LogP contribution in [0.5, 0.6) is 0 Å². The van der Waals surface area contributed by atoms with Gasteiger partial charge in [-0.2, -0.15) is 0 Å². The van der Waals surface area contributed by atoms with Crippen molar-refractivity contribution in [1.29, 1.82) is 0 Å². The minimum Gasteiger partial charge on any atom is -0.382 e. The molecule has 1 nitrogen and oxygen atoms in total. The maximum Gasteiger partial charge on any atom is 0.0342 e. The Bertz CT molecular complexity index is 288. The van der Waals surface area contributed by atoms with Crippen molar-refractivity contribution in [3.63, 3.8) is 0 Å². The van der Waals surface area contributed by atoms with Crippen molar-refractivity contribution in [3.05, 3.63) is 30.3 Å². The molecule has 1 aliphatic rings. The van der Waals surface area contributed by atoms with E-state index in [4.69, 9.17) is 0 Å². The standard InChI is InChI=1S/C15H23N/c1-2-15(13-9-5-3-6-10-13)16-14-11-7-4-8-12-14/h4,7-8,11-13,15-16H,2-3,5-6,9-10H2,1H3/t15-/m0/s1. The predicted octanol–water partition coefficient (Wildman–Crippen LogP) is 4.46. The van der Waals surface area contributed by atoms with Crippen LogP contribution >= 0.6 is 0 Å². The second kappa shape index (κ2) is 5.93. The fourth-order valence-corrected chi connectivity index (χ4v) is 2.84. The van der Waals surface area contributed by atoms with E-state index in [0.717, 1.165) is 5.92 Å². The van der Waals surface area contributed by atoms with Crippen LogP contribution in [0, 0.1) is 5.92 Å². The highest BCUT2D eigenvalue weighted by atomic mass is 14.9. The highest BCUT2D eigenvalue weighted by Gasteiger charge is 2.21. The van der Waals surface area contributed by atoms with Crippen molar-refractivity contribution in [1.82, 2.24) is 0 Å². The molecule has 16 heavy (non-hydrogen) atoms. The smallest absolute Gasteiger partial charge is 0.0342 e. The van der Waals surface area contributed by atoms with Crippen LogP contribution in [0.2, 0.25) is 0 Å². The van der Waals surface area contributed by atoms with Crippen molar-refractivity contribution < 1.29 is 0 Å². The van der Waals surface area contributed by atoms with E-state index in [9.17, 15) is 0 Å². The summed E-state index contributed by atoms with van der Waals surface area (Å²) < 4.78 is 0. The van der Waals surface area contributed by atoms with Crippen molar-refractivity contribution in [2.45, 2.75) is 51.5 Å². The second-order valence-electron chi connectivity index (χ2n) is 4.92. The maximum atomic E-state index is 3.70. The van der Waals surface area contributed by atoms with Crippen LogP contribution in [0.1, 0.15) is 45.4 Å². The van der Waals surface area contributed by atoms with Crippen LogP contribution in [-0.2, 0) is 0 Å². The van der Waals surface area contributed by atoms with E-state index in [1.807, 2.05) is 0 Å². The molecule has 0 bridgehead atoms. The molecule has 1 aromatic carbocycles. The van der Waals surface area contributed by atoms with Crippen LogP contribution in [0.15, 0.2) is 30.3 Å². The van der Waals surface area contributed by atoms with Gasteiger partial charge >= 0.3 is 0 Å². The molecule has 0 amide bonds. The molecule has 88 valence electrons. The van der Waals surface area contributed by atoms with Crippen LogP contribution in [0.4, 0.5) is 5.69 Å². The summed E-state index contributed by atoms with van der Waals surface area (Å²) in [7, 11) is 0. The first-order valence-electron chi connectivity index (χ1n) is 6.71. The van der Waals surface area contributed by atoms with Gasteiger partial charge in [0.25, 0.3) is 0 Å². The summed E-state index contributed by atoms with van der Waals surface area (Å²) in [6.07, 6.45) is 8.36. The van der Waals surface area contributed by atoms with Gasteiger partial charge in [-0.05, 0) is 37.3 Å². The Morgan fingerprint density at radius 2 is 1.81 bits per heavy atom. The van der Waals surface area contributed by atoms with Crippen molar-refractivity contribution in [2.75, 3.05) is 5.32 Å². The van der Waals surface area contributed by atoms with Gasteiger partial charge < -0.3 is 5.32 Å². The fourth-order valence-electron chi connectivity index (χ4n) is 2.84. The zero-order valence-electron chi connectivity index (χ0n) is 10.3. The first kappa shape index (κ1) is 11.5. The van der Waals surface area contributed by atoms with Crippen LogP contribution in [-0.4, -0.2) is 6.04 Å². The summed E-state index contributed by atoms with van der Waals surface area (Å²) >= 11 is 0. The molecule has 2 rings (SSSR count). The molecule has 0 aliphatic heterocycles. The predicted molar refractivity (Wildman–Crippen MR) is 70.7 cm³/mol. The Morgan fingerprint density at radius 3 is 2.44 bits per heavy atom. The minimum absolute atomic E-state index is 0.669. The summed E-state index contributed by atoms with van der Waals surface area (Å²) in [4.78, 5) is 0. The van der Waals surface area contributed by atoms with Crippen LogP contribution in [0.25, 0.3) is 0 Å². The summed E-state index contributed by atoms with van der Waals surface area (Å²) in [6, 6.07) is 11.3.